The fourth-order valence-electron chi connectivity index (χ4n) is 0.273. The van der Waals surface area contributed by atoms with E-state index >= 15 is 0 Å². The van der Waals surface area contributed by atoms with Gasteiger partial charge in [0.2, 0.25) is 0 Å². The lowest BCUT2D eigenvalue weighted by molar-refractivity contribution is 0.156. The number of hydrogen-bond donors (Lipinski definition) is 0. The van der Waals surface area contributed by atoms with Crippen LogP contribution in [0.5, 0.6) is 0 Å². The summed E-state index contributed by atoms with van der Waals surface area (Å²) in [6.07, 6.45) is 0. The highest BCUT2D eigenvalue weighted by Crippen LogP contribution is 1.71. The molecule has 0 N–H and O–H groups in total. The quantitative estimate of drug-likeness (QED) is 0.378. The summed E-state index contributed by atoms with van der Waals surface area (Å²) in [5.74, 6) is 0. The molecule has 0 radical (unpaired) electrons. The van der Waals surface area contributed by atoms with E-state index < -0.39 is 0 Å². The van der Waals surface area contributed by atoms with Crippen LogP contribution in [0.2, 0.25) is 0 Å². The molecule has 0 spiro atoms. The van der Waals surface area contributed by atoms with E-state index in [1.165, 1.54) is 0 Å². The highest BCUT2D eigenvalue weighted by molar-refractivity contribution is 5.22. The second-order valence-corrected chi connectivity index (χ2v) is 1.14. The highest BCUT2D eigenvalue weighted by atomic mass is 16.5. The van der Waals surface area contributed by atoms with Crippen LogP contribution in [-0.4, -0.2) is 26.5 Å². The van der Waals surface area contributed by atoms with Gasteiger partial charge in [-0.15, -0.1) is 0 Å². The van der Waals surface area contributed by atoms with Gasteiger partial charge in [0.05, 0.1) is 13.2 Å². The predicted octanol–water partition coefficient (Wildman–Crippen LogP) is 0.724. The third-order valence-electron chi connectivity index (χ3n) is 0.598. The molecule has 0 bridgehead atoms. The molecular formula is C5H11NO. The maximum atomic E-state index is 4.94. The summed E-state index contributed by atoms with van der Waals surface area (Å²) in [7, 11) is 0. The molecule has 0 saturated heterocycles. The summed E-state index contributed by atoms with van der Waals surface area (Å²) in [4.78, 5) is 3.60. The van der Waals surface area contributed by atoms with Gasteiger partial charge in [-0.2, -0.15) is 0 Å². The Balaban J connectivity index is 2.56. The molecule has 0 amide bonds. The monoisotopic (exact) mass is 101 g/mol. The fraction of sp³-hybridized carbons (Fsp3) is 0.800. The normalized spacial score (nSPS) is 8.71. The van der Waals surface area contributed by atoms with Crippen molar-refractivity contribution < 1.29 is 4.74 Å². The molecule has 0 aliphatic heterocycles. The van der Waals surface area contributed by atoms with E-state index in [1.54, 1.807) is 0 Å². The summed E-state index contributed by atoms with van der Waals surface area (Å²) in [6, 6.07) is 0. The van der Waals surface area contributed by atoms with Crippen molar-refractivity contribution in [1.29, 1.82) is 0 Å². The molecule has 0 fully saturated rings. The molecule has 42 valence electrons. The Morgan fingerprint density at radius 1 is 1.71 bits per heavy atom. The van der Waals surface area contributed by atoms with Crippen LogP contribution in [0.1, 0.15) is 6.92 Å². The largest absolute Gasteiger partial charge is 0.380 e. The van der Waals surface area contributed by atoms with Crippen LogP contribution in [0.25, 0.3) is 0 Å². The van der Waals surface area contributed by atoms with Crippen LogP contribution in [-0.2, 0) is 4.74 Å². The third-order valence-corrected chi connectivity index (χ3v) is 0.598. The molecule has 0 heterocycles. The summed E-state index contributed by atoms with van der Waals surface area (Å²) in [5, 5.41) is 0. The first-order valence-electron chi connectivity index (χ1n) is 2.42. The number of aliphatic imine (C=N–C) groups is 1. The van der Waals surface area contributed by atoms with E-state index in [9.17, 15) is 0 Å². The van der Waals surface area contributed by atoms with Crippen LogP contribution < -0.4 is 0 Å². The van der Waals surface area contributed by atoms with E-state index in [0.717, 1.165) is 6.61 Å². The molecule has 0 aromatic carbocycles. The van der Waals surface area contributed by atoms with Crippen molar-refractivity contribution in [3.63, 3.8) is 0 Å². The number of ether oxygens (including phenoxy) is 1. The summed E-state index contributed by atoms with van der Waals surface area (Å²) < 4.78 is 4.94. The second-order valence-electron chi connectivity index (χ2n) is 1.14. The lowest BCUT2D eigenvalue weighted by atomic mass is 10.7. The molecule has 0 atom stereocenters. The van der Waals surface area contributed by atoms with Gasteiger partial charge in [0.15, 0.2) is 0 Å². The molecule has 0 saturated carbocycles. The van der Waals surface area contributed by atoms with E-state index in [2.05, 4.69) is 11.7 Å². The number of nitrogens with zero attached hydrogens (tertiary/aromatic N) is 1. The molecule has 2 nitrogen and oxygen atoms in total. The maximum absolute atomic E-state index is 4.94. The van der Waals surface area contributed by atoms with Gasteiger partial charge in [-0.3, -0.25) is 4.99 Å². The van der Waals surface area contributed by atoms with E-state index in [-0.39, 0.29) is 0 Å². The Morgan fingerprint density at radius 3 is 2.86 bits per heavy atom. The summed E-state index contributed by atoms with van der Waals surface area (Å²) >= 11 is 0. The minimum atomic E-state index is 0.708. The van der Waals surface area contributed by atoms with Gasteiger partial charge >= 0.3 is 0 Å². The molecule has 0 rings (SSSR count). The van der Waals surface area contributed by atoms with Crippen molar-refractivity contribution in [3.8, 4) is 0 Å². The van der Waals surface area contributed by atoms with Gasteiger partial charge in [0.1, 0.15) is 0 Å². The minimum Gasteiger partial charge on any atom is -0.380 e. The van der Waals surface area contributed by atoms with Crippen molar-refractivity contribution in [3.05, 3.63) is 0 Å². The van der Waals surface area contributed by atoms with Crippen molar-refractivity contribution in [2.24, 2.45) is 4.99 Å². The first kappa shape index (κ1) is 6.63. The van der Waals surface area contributed by atoms with E-state index in [4.69, 9.17) is 4.74 Å². The van der Waals surface area contributed by atoms with Crippen LogP contribution in [0.15, 0.2) is 4.99 Å². The van der Waals surface area contributed by atoms with Crippen molar-refractivity contribution in [2.45, 2.75) is 6.92 Å². The average molecular weight is 101 g/mol. The predicted molar refractivity (Wildman–Crippen MR) is 30.9 cm³/mol. The zero-order valence-electron chi connectivity index (χ0n) is 4.68. The van der Waals surface area contributed by atoms with Gasteiger partial charge in [0, 0.05) is 6.61 Å². The van der Waals surface area contributed by atoms with Crippen LogP contribution >= 0.6 is 0 Å². The zero-order valence-corrected chi connectivity index (χ0v) is 4.68. The van der Waals surface area contributed by atoms with Crippen LogP contribution in [0.3, 0.4) is 0 Å². The van der Waals surface area contributed by atoms with Gasteiger partial charge in [-0.05, 0) is 13.6 Å². The molecule has 7 heavy (non-hydrogen) atoms. The Hall–Kier alpha value is -0.370. The van der Waals surface area contributed by atoms with E-state index in [1.807, 2.05) is 6.92 Å². The third kappa shape index (κ3) is 5.63. The second kappa shape index (κ2) is 5.63. The van der Waals surface area contributed by atoms with Gasteiger partial charge in [0.25, 0.3) is 0 Å². The van der Waals surface area contributed by atoms with Gasteiger partial charge in [-0.25, -0.2) is 0 Å². The Labute approximate surface area is 44.2 Å². The fourth-order valence-corrected chi connectivity index (χ4v) is 0.273. The van der Waals surface area contributed by atoms with Crippen molar-refractivity contribution in [2.75, 3.05) is 19.8 Å². The molecular weight excluding hydrogens is 90.1 g/mol. The average Bonchev–Trinajstić information content (AvgIpc) is 1.69. The molecule has 2 heteroatoms. The number of rotatable bonds is 4. The number of hydrogen-bond acceptors (Lipinski definition) is 2. The molecule has 0 aromatic rings. The molecule has 0 aliphatic rings. The first-order chi connectivity index (χ1) is 3.41. The molecule has 0 aromatic heterocycles. The topological polar surface area (TPSA) is 21.6 Å². The highest BCUT2D eigenvalue weighted by Gasteiger charge is 1.75. The summed E-state index contributed by atoms with van der Waals surface area (Å²) in [6.45, 7) is 7.46. The Kier molecular flexibility index (Phi) is 5.33. The SMILES string of the molecule is C=NCCOCC. The Bertz CT molecular complexity index is 45.3. The molecule has 0 unspecified atom stereocenters. The van der Waals surface area contributed by atoms with Gasteiger partial charge in [-0.1, -0.05) is 0 Å². The van der Waals surface area contributed by atoms with Crippen molar-refractivity contribution >= 4 is 6.72 Å². The maximum Gasteiger partial charge on any atom is 0.0661 e. The lowest BCUT2D eigenvalue weighted by Crippen LogP contribution is -1.95. The van der Waals surface area contributed by atoms with Gasteiger partial charge < -0.3 is 4.74 Å². The Morgan fingerprint density at radius 2 is 2.43 bits per heavy atom. The lowest BCUT2D eigenvalue weighted by Gasteiger charge is -1.92. The van der Waals surface area contributed by atoms with E-state index in [0.29, 0.717) is 13.2 Å². The minimum absolute atomic E-state index is 0.708. The summed E-state index contributed by atoms with van der Waals surface area (Å²) in [5.41, 5.74) is 0. The standard InChI is InChI=1S/C5H11NO/c1-3-7-5-4-6-2/h2-5H2,1H3. The molecule has 0 aliphatic carbocycles. The van der Waals surface area contributed by atoms with Crippen molar-refractivity contribution in [1.82, 2.24) is 0 Å². The van der Waals surface area contributed by atoms with Crippen LogP contribution in [0, 0.1) is 0 Å². The zero-order chi connectivity index (χ0) is 5.54. The first-order valence-corrected chi connectivity index (χ1v) is 2.42. The smallest absolute Gasteiger partial charge is 0.0661 e. The van der Waals surface area contributed by atoms with Crippen LogP contribution in [0.4, 0.5) is 0 Å².